The lowest BCUT2D eigenvalue weighted by atomic mass is 9.91. The molecule has 0 saturated carbocycles. The zero-order valence-corrected chi connectivity index (χ0v) is 12.8. The summed E-state index contributed by atoms with van der Waals surface area (Å²) in [7, 11) is 4.38. The van der Waals surface area contributed by atoms with Crippen molar-refractivity contribution < 1.29 is 0 Å². The van der Waals surface area contributed by atoms with Crippen molar-refractivity contribution >= 4 is 0 Å². The number of rotatable bonds is 3. The molecule has 1 unspecified atom stereocenters. The Kier molecular flexibility index (Phi) is 4.39. The Morgan fingerprint density at radius 2 is 1.95 bits per heavy atom. The van der Waals surface area contributed by atoms with Gasteiger partial charge in [-0.05, 0) is 57.1 Å². The Labute approximate surface area is 123 Å². The summed E-state index contributed by atoms with van der Waals surface area (Å²) in [6.45, 7) is 5.88. The molecule has 1 N–H and O–H groups in total. The molecule has 1 fully saturated rings. The van der Waals surface area contributed by atoms with Crippen LogP contribution in [0.3, 0.4) is 0 Å². The zero-order valence-electron chi connectivity index (χ0n) is 12.8. The molecular weight excluding hydrogens is 246 g/mol. The van der Waals surface area contributed by atoms with E-state index in [1.165, 1.54) is 38.0 Å². The normalized spacial score (nSPS) is 24.9. The Hall–Kier alpha value is -0.900. The van der Waals surface area contributed by atoms with Gasteiger partial charge in [-0.25, -0.2) is 0 Å². The number of benzene rings is 1. The van der Waals surface area contributed by atoms with Gasteiger partial charge in [-0.1, -0.05) is 24.3 Å². The highest BCUT2D eigenvalue weighted by molar-refractivity contribution is 5.32. The molecule has 1 aromatic carbocycles. The van der Waals surface area contributed by atoms with Crippen LogP contribution in [0.1, 0.15) is 30.0 Å². The van der Waals surface area contributed by atoms with Crippen molar-refractivity contribution in [2.75, 3.05) is 40.3 Å². The minimum atomic E-state index is 0.584. The summed E-state index contributed by atoms with van der Waals surface area (Å²) in [6.07, 6.45) is 2.69. The standard InChI is InChI=1S/C17H27N3/c1-19(2)13-14-7-9-20(10-8-14)17-12-18-11-15-5-3-4-6-16(15)17/h3-6,14,17-18H,7-13H2,1-2H3. The second-order valence-corrected chi connectivity index (χ2v) is 6.59. The predicted molar refractivity (Wildman–Crippen MR) is 83.7 cm³/mol. The molecule has 1 atom stereocenters. The second-order valence-electron chi connectivity index (χ2n) is 6.59. The van der Waals surface area contributed by atoms with Crippen LogP contribution in [0.25, 0.3) is 0 Å². The molecule has 1 saturated heterocycles. The van der Waals surface area contributed by atoms with Crippen LogP contribution in [0.15, 0.2) is 24.3 Å². The van der Waals surface area contributed by atoms with Crippen LogP contribution in [-0.2, 0) is 6.54 Å². The Balaban J connectivity index is 1.64. The van der Waals surface area contributed by atoms with Crippen LogP contribution in [0, 0.1) is 5.92 Å². The maximum absolute atomic E-state index is 3.58. The minimum absolute atomic E-state index is 0.584. The smallest absolute Gasteiger partial charge is 0.0476 e. The van der Waals surface area contributed by atoms with Crippen LogP contribution in [-0.4, -0.2) is 50.1 Å². The van der Waals surface area contributed by atoms with Gasteiger partial charge in [0.15, 0.2) is 0 Å². The predicted octanol–water partition coefficient (Wildman–Crippen LogP) is 2.10. The molecule has 2 heterocycles. The Morgan fingerprint density at radius 1 is 1.20 bits per heavy atom. The molecule has 0 aromatic heterocycles. The average Bonchev–Trinajstić information content (AvgIpc) is 2.47. The SMILES string of the molecule is CN(C)CC1CCN(C2CNCc3ccccc32)CC1. The number of hydrogen-bond acceptors (Lipinski definition) is 3. The Morgan fingerprint density at radius 3 is 2.70 bits per heavy atom. The molecule has 20 heavy (non-hydrogen) atoms. The fraction of sp³-hybridized carbons (Fsp3) is 0.647. The van der Waals surface area contributed by atoms with Gasteiger partial charge in [-0.15, -0.1) is 0 Å². The maximum atomic E-state index is 3.58. The average molecular weight is 273 g/mol. The first-order chi connectivity index (χ1) is 9.74. The van der Waals surface area contributed by atoms with Gasteiger partial charge in [0.2, 0.25) is 0 Å². The van der Waals surface area contributed by atoms with Gasteiger partial charge in [0.25, 0.3) is 0 Å². The molecule has 0 amide bonds. The number of piperidine rings is 1. The van der Waals surface area contributed by atoms with Crippen molar-refractivity contribution in [3.05, 3.63) is 35.4 Å². The largest absolute Gasteiger partial charge is 0.311 e. The van der Waals surface area contributed by atoms with Gasteiger partial charge in [-0.2, -0.15) is 0 Å². The quantitative estimate of drug-likeness (QED) is 0.910. The van der Waals surface area contributed by atoms with Crippen molar-refractivity contribution in [3.8, 4) is 0 Å². The van der Waals surface area contributed by atoms with Crippen LogP contribution >= 0.6 is 0 Å². The fourth-order valence-electron chi connectivity index (χ4n) is 3.76. The first kappa shape index (κ1) is 14.1. The van der Waals surface area contributed by atoms with Crippen molar-refractivity contribution in [3.63, 3.8) is 0 Å². The first-order valence-corrected chi connectivity index (χ1v) is 7.91. The molecule has 0 radical (unpaired) electrons. The van der Waals surface area contributed by atoms with Gasteiger partial charge in [0.05, 0.1) is 0 Å². The number of nitrogens with one attached hydrogen (secondary N) is 1. The molecule has 2 aliphatic rings. The van der Waals surface area contributed by atoms with Crippen molar-refractivity contribution in [2.24, 2.45) is 5.92 Å². The highest BCUT2D eigenvalue weighted by atomic mass is 15.2. The van der Waals surface area contributed by atoms with E-state index in [-0.39, 0.29) is 0 Å². The monoisotopic (exact) mass is 273 g/mol. The van der Waals surface area contributed by atoms with E-state index in [1.54, 1.807) is 5.56 Å². The van der Waals surface area contributed by atoms with E-state index in [4.69, 9.17) is 0 Å². The van der Waals surface area contributed by atoms with E-state index in [9.17, 15) is 0 Å². The van der Waals surface area contributed by atoms with Gasteiger partial charge >= 0.3 is 0 Å². The highest BCUT2D eigenvalue weighted by Gasteiger charge is 2.29. The zero-order chi connectivity index (χ0) is 13.9. The lowest BCUT2D eigenvalue weighted by molar-refractivity contribution is 0.114. The van der Waals surface area contributed by atoms with Crippen molar-refractivity contribution in [2.45, 2.75) is 25.4 Å². The van der Waals surface area contributed by atoms with E-state index >= 15 is 0 Å². The van der Waals surface area contributed by atoms with Gasteiger partial charge in [-0.3, -0.25) is 4.90 Å². The minimum Gasteiger partial charge on any atom is -0.311 e. The summed E-state index contributed by atoms with van der Waals surface area (Å²) in [5.41, 5.74) is 3.04. The topological polar surface area (TPSA) is 18.5 Å². The van der Waals surface area contributed by atoms with E-state index in [1.807, 2.05) is 0 Å². The van der Waals surface area contributed by atoms with Crippen LogP contribution < -0.4 is 5.32 Å². The summed E-state index contributed by atoms with van der Waals surface area (Å²) >= 11 is 0. The summed E-state index contributed by atoms with van der Waals surface area (Å²) in [4.78, 5) is 5.02. The van der Waals surface area contributed by atoms with E-state index < -0.39 is 0 Å². The van der Waals surface area contributed by atoms with Crippen LogP contribution in [0.5, 0.6) is 0 Å². The molecular formula is C17H27N3. The van der Waals surface area contributed by atoms with E-state index in [2.05, 4.69) is 53.5 Å². The highest BCUT2D eigenvalue weighted by Crippen LogP contribution is 2.30. The van der Waals surface area contributed by atoms with E-state index in [0.29, 0.717) is 6.04 Å². The number of nitrogens with zero attached hydrogens (tertiary/aromatic N) is 2. The third kappa shape index (κ3) is 3.05. The fourth-order valence-corrected chi connectivity index (χ4v) is 3.76. The molecule has 3 rings (SSSR count). The van der Waals surface area contributed by atoms with Gasteiger partial charge < -0.3 is 10.2 Å². The number of hydrogen-bond donors (Lipinski definition) is 1. The van der Waals surface area contributed by atoms with Crippen molar-refractivity contribution in [1.82, 2.24) is 15.1 Å². The lowest BCUT2D eigenvalue weighted by Gasteiger charge is -2.40. The summed E-state index contributed by atoms with van der Waals surface area (Å²) in [5.74, 6) is 0.882. The molecule has 1 aromatic rings. The lowest BCUT2D eigenvalue weighted by Crippen LogP contribution is -2.44. The van der Waals surface area contributed by atoms with E-state index in [0.717, 1.165) is 19.0 Å². The maximum Gasteiger partial charge on any atom is 0.0476 e. The van der Waals surface area contributed by atoms with Crippen molar-refractivity contribution in [1.29, 1.82) is 0 Å². The van der Waals surface area contributed by atoms with Crippen LogP contribution in [0.4, 0.5) is 0 Å². The molecule has 2 aliphatic heterocycles. The number of likely N-dealkylation sites (tertiary alicyclic amines) is 1. The Bertz CT molecular complexity index is 436. The molecule has 0 spiro atoms. The summed E-state index contributed by atoms with van der Waals surface area (Å²) in [5, 5.41) is 3.58. The third-order valence-corrected chi connectivity index (χ3v) is 4.78. The third-order valence-electron chi connectivity index (χ3n) is 4.78. The number of fused-ring (bicyclic) bond motifs is 1. The first-order valence-electron chi connectivity index (χ1n) is 7.91. The molecule has 3 nitrogen and oxygen atoms in total. The van der Waals surface area contributed by atoms with Gasteiger partial charge in [0, 0.05) is 25.7 Å². The van der Waals surface area contributed by atoms with Gasteiger partial charge in [0.1, 0.15) is 0 Å². The summed E-state index contributed by atoms with van der Waals surface area (Å²) < 4.78 is 0. The van der Waals surface area contributed by atoms with Crippen LogP contribution in [0.2, 0.25) is 0 Å². The molecule has 3 heteroatoms. The molecule has 0 bridgehead atoms. The molecule has 110 valence electrons. The second kappa shape index (κ2) is 6.25. The summed E-state index contributed by atoms with van der Waals surface area (Å²) in [6, 6.07) is 9.53. The molecule has 0 aliphatic carbocycles.